The Balaban J connectivity index is 2.45. The van der Waals surface area contributed by atoms with E-state index >= 15 is 0 Å². The molecule has 0 amide bonds. The Bertz CT molecular complexity index is 369. The number of hydrogen-bond donors (Lipinski definition) is 0. The van der Waals surface area contributed by atoms with Crippen LogP contribution in [0.4, 0.5) is 0 Å². The van der Waals surface area contributed by atoms with Gasteiger partial charge in [0.1, 0.15) is 5.75 Å². The highest BCUT2D eigenvalue weighted by molar-refractivity contribution is 5.85. The van der Waals surface area contributed by atoms with E-state index in [2.05, 4.69) is 10.2 Å². The molecule has 0 unspecified atom stereocenters. The Kier molecular flexibility index (Phi) is 2.08. The lowest BCUT2D eigenvalue weighted by molar-refractivity contribution is 0.414. The molecule has 66 valence electrons. The van der Waals surface area contributed by atoms with Crippen LogP contribution in [0.2, 0.25) is 0 Å². The first-order valence-electron chi connectivity index (χ1n) is 4.12. The van der Waals surface area contributed by atoms with Crippen LogP contribution in [-0.4, -0.2) is 19.5 Å². The van der Waals surface area contributed by atoms with Gasteiger partial charge in [0.15, 0.2) is 0 Å². The third-order valence-corrected chi connectivity index (χ3v) is 2.01. The van der Waals surface area contributed by atoms with Crippen LogP contribution in [-0.2, 0) is 6.42 Å². The molecule has 3 nitrogen and oxygen atoms in total. The first-order valence-corrected chi connectivity index (χ1v) is 4.12. The van der Waals surface area contributed by atoms with E-state index in [0.29, 0.717) is 0 Å². The van der Waals surface area contributed by atoms with Crippen molar-refractivity contribution in [2.45, 2.75) is 6.42 Å². The van der Waals surface area contributed by atoms with E-state index in [1.165, 1.54) is 5.56 Å². The number of methoxy groups -OCH3 is 1. The fraction of sp³-hybridized carbons (Fsp3) is 0.200. The molecule has 1 aromatic carbocycles. The second-order valence-electron chi connectivity index (χ2n) is 2.81. The summed E-state index contributed by atoms with van der Waals surface area (Å²) >= 11 is 0. The normalized spacial score (nSPS) is 13.6. The molecule has 0 aromatic heterocycles. The van der Waals surface area contributed by atoms with Crippen molar-refractivity contribution in [3.05, 3.63) is 29.3 Å². The van der Waals surface area contributed by atoms with Crippen LogP contribution in [0.25, 0.3) is 0 Å². The maximum Gasteiger partial charge on any atom is 0.119 e. The van der Waals surface area contributed by atoms with Crippen molar-refractivity contribution in [2.75, 3.05) is 7.11 Å². The lowest BCUT2D eigenvalue weighted by Crippen LogP contribution is -1.93. The average molecular weight is 174 g/mol. The average Bonchev–Trinajstić information content (AvgIpc) is 2.41. The zero-order chi connectivity index (χ0) is 9.10. The summed E-state index contributed by atoms with van der Waals surface area (Å²) in [5, 5.41) is 7.72. The summed E-state index contributed by atoms with van der Waals surface area (Å²) in [5.74, 6) is 0.854. The minimum atomic E-state index is 0.833. The molecule has 13 heavy (non-hydrogen) atoms. The fourth-order valence-corrected chi connectivity index (χ4v) is 1.29. The second-order valence-corrected chi connectivity index (χ2v) is 2.81. The van der Waals surface area contributed by atoms with Crippen molar-refractivity contribution in [1.29, 1.82) is 0 Å². The highest BCUT2D eigenvalue weighted by Crippen LogP contribution is 2.17. The number of hydrogen-bond acceptors (Lipinski definition) is 3. The van der Waals surface area contributed by atoms with Gasteiger partial charge in [0.05, 0.1) is 13.3 Å². The number of nitrogens with zero attached hydrogens (tertiary/aromatic N) is 2. The molecule has 0 radical (unpaired) electrons. The van der Waals surface area contributed by atoms with E-state index in [0.717, 1.165) is 17.7 Å². The van der Waals surface area contributed by atoms with E-state index in [1.54, 1.807) is 19.5 Å². The quantitative estimate of drug-likeness (QED) is 0.637. The molecule has 1 aliphatic heterocycles. The molecule has 3 heteroatoms. The van der Waals surface area contributed by atoms with Gasteiger partial charge in [-0.15, -0.1) is 0 Å². The summed E-state index contributed by atoms with van der Waals surface area (Å²) in [4.78, 5) is 0. The van der Waals surface area contributed by atoms with Gasteiger partial charge >= 0.3 is 0 Å². The molecule has 1 aliphatic rings. The van der Waals surface area contributed by atoms with Gasteiger partial charge in [0.25, 0.3) is 0 Å². The number of ether oxygens (including phenoxy) is 1. The molecule has 0 aliphatic carbocycles. The van der Waals surface area contributed by atoms with Gasteiger partial charge in [0, 0.05) is 18.2 Å². The van der Waals surface area contributed by atoms with Crippen molar-refractivity contribution in [3.63, 3.8) is 0 Å². The molecule has 0 spiro atoms. The van der Waals surface area contributed by atoms with E-state index in [9.17, 15) is 0 Å². The topological polar surface area (TPSA) is 34.0 Å². The van der Waals surface area contributed by atoms with Crippen molar-refractivity contribution in [3.8, 4) is 5.75 Å². The standard InChI is InChI=1S/C10H10N2O/c1-13-10-3-2-8-4-5-11-12-7-9(8)6-10/h2-3,5-7H,4H2,1H3. The molecule has 0 bridgehead atoms. The van der Waals surface area contributed by atoms with Crippen LogP contribution in [0.1, 0.15) is 11.1 Å². The molecule has 0 fully saturated rings. The maximum atomic E-state index is 5.12. The number of rotatable bonds is 1. The minimum Gasteiger partial charge on any atom is -0.497 e. The zero-order valence-electron chi connectivity index (χ0n) is 7.40. The predicted octanol–water partition coefficient (Wildman–Crippen LogP) is 1.66. The molecule has 0 saturated heterocycles. The number of benzene rings is 1. The predicted molar refractivity (Wildman–Crippen MR) is 52.8 cm³/mol. The molecule has 2 rings (SSSR count). The smallest absolute Gasteiger partial charge is 0.119 e. The largest absolute Gasteiger partial charge is 0.497 e. The van der Waals surface area contributed by atoms with Crippen molar-refractivity contribution < 1.29 is 4.74 Å². The van der Waals surface area contributed by atoms with E-state index in [4.69, 9.17) is 4.74 Å². The molecule has 0 N–H and O–H groups in total. The molecular weight excluding hydrogens is 164 g/mol. The van der Waals surface area contributed by atoms with Crippen molar-refractivity contribution in [2.24, 2.45) is 10.2 Å². The Hall–Kier alpha value is -1.64. The SMILES string of the molecule is COc1ccc2c(c1)C=NN=CC2. The third-order valence-electron chi connectivity index (χ3n) is 2.01. The minimum absolute atomic E-state index is 0.833. The van der Waals surface area contributed by atoms with Gasteiger partial charge < -0.3 is 4.74 Å². The van der Waals surface area contributed by atoms with Crippen LogP contribution < -0.4 is 4.74 Å². The number of fused-ring (bicyclic) bond motifs is 1. The van der Waals surface area contributed by atoms with E-state index in [-0.39, 0.29) is 0 Å². The Labute approximate surface area is 76.8 Å². The van der Waals surface area contributed by atoms with Gasteiger partial charge in [-0.3, -0.25) is 0 Å². The lowest BCUT2D eigenvalue weighted by atomic mass is 10.1. The Morgan fingerprint density at radius 3 is 3.08 bits per heavy atom. The van der Waals surface area contributed by atoms with Gasteiger partial charge in [-0.05, 0) is 17.7 Å². The Morgan fingerprint density at radius 1 is 1.31 bits per heavy atom. The van der Waals surface area contributed by atoms with Gasteiger partial charge in [0.2, 0.25) is 0 Å². The molecule has 0 saturated carbocycles. The first kappa shape index (κ1) is 7.98. The summed E-state index contributed by atoms with van der Waals surface area (Å²) in [5.41, 5.74) is 2.31. The third kappa shape index (κ3) is 1.59. The van der Waals surface area contributed by atoms with Crippen LogP contribution in [0.3, 0.4) is 0 Å². The van der Waals surface area contributed by atoms with E-state index in [1.807, 2.05) is 18.2 Å². The monoisotopic (exact) mass is 174 g/mol. The van der Waals surface area contributed by atoms with Gasteiger partial charge in [-0.25, -0.2) is 0 Å². The summed E-state index contributed by atoms with van der Waals surface area (Å²) in [6.07, 6.45) is 4.38. The Morgan fingerprint density at radius 2 is 2.23 bits per heavy atom. The first-order chi connectivity index (χ1) is 6.40. The van der Waals surface area contributed by atoms with Gasteiger partial charge in [-0.2, -0.15) is 10.2 Å². The fourth-order valence-electron chi connectivity index (χ4n) is 1.29. The van der Waals surface area contributed by atoms with Crippen LogP contribution in [0.15, 0.2) is 28.4 Å². The zero-order valence-corrected chi connectivity index (χ0v) is 7.40. The highest BCUT2D eigenvalue weighted by Gasteiger charge is 2.02. The van der Waals surface area contributed by atoms with Crippen LogP contribution >= 0.6 is 0 Å². The summed E-state index contributed by atoms with van der Waals surface area (Å²) in [6, 6.07) is 5.96. The van der Waals surface area contributed by atoms with Crippen molar-refractivity contribution >= 4 is 12.4 Å². The van der Waals surface area contributed by atoms with Crippen LogP contribution in [0, 0.1) is 0 Å². The van der Waals surface area contributed by atoms with Crippen molar-refractivity contribution in [1.82, 2.24) is 0 Å². The highest BCUT2D eigenvalue weighted by atomic mass is 16.5. The summed E-state index contributed by atoms with van der Waals surface area (Å²) in [7, 11) is 1.66. The van der Waals surface area contributed by atoms with E-state index < -0.39 is 0 Å². The molecule has 1 heterocycles. The summed E-state index contributed by atoms with van der Waals surface area (Å²) < 4.78 is 5.12. The lowest BCUT2D eigenvalue weighted by Gasteiger charge is -2.04. The molecular formula is C10H10N2O. The second kappa shape index (κ2) is 3.39. The molecule has 0 atom stereocenters. The van der Waals surface area contributed by atoms with Gasteiger partial charge in [-0.1, -0.05) is 6.07 Å². The molecule has 1 aromatic rings. The van der Waals surface area contributed by atoms with Crippen LogP contribution in [0.5, 0.6) is 5.75 Å². The maximum absolute atomic E-state index is 5.12. The summed E-state index contributed by atoms with van der Waals surface area (Å²) in [6.45, 7) is 0.